The molecule has 3 aromatic rings. The first-order valence-corrected chi connectivity index (χ1v) is 9.34. The van der Waals surface area contributed by atoms with Crippen LogP contribution in [0, 0.1) is 6.92 Å². The van der Waals surface area contributed by atoms with Crippen molar-refractivity contribution in [1.29, 1.82) is 0 Å². The molecule has 1 heterocycles. The molecule has 1 aromatic heterocycles. The van der Waals surface area contributed by atoms with Crippen molar-refractivity contribution in [2.24, 2.45) is 0 Å². The number of sulfonamides is 1. The van der Waals surface area contributed by atoms with Gasteiger partial charge in [-0.1, -0.05) is 0 Å². The van der Waals surface area contributed by atoms with Gasteiger partial charge < -0.3 is 15.0 Å². The third-order valence-electron chi connectivity index (χ3n) is 3.78. The van der Waals surface area contributed by atoms with E-state index < -0.39 is 10.0 Å². The van der Waals surface area contributed by atoms with E-state index in [0.29, 0.717) is 11.4 Å². The smallest absolute Gasteiger partial charge is 0.265 e. The lowest BCUT2D eigenvalue weighted by atomic mass is 10.2. The van der Waals surface area contributed by atoms with Gasteiger partial charge in [-0.05, 0) is 49.4 Å². The van der Waals surface area contributed by atoms with Crippen LogP contribution < -0.4 is 14.8 Å². The third kappa shape index (κ3) is 3.65. The van der Waals surface area contributed by atoms with Gasteiger partial charge in [-0.2, -0.15) is 0 Å². The van der Waals surface area contributed by atoms with Crippen LogP contribution in [0.3, 0.4) is 0 Å². The van der Waals surface area contributed by atoms with Crippen molar-refractivity contribution in [3.63, 3.8) is 0 Å². The lowest BCUT2D eigenvalue weighted by molar-refractivity contribution is -0.114. The SMILES string of the molecule is COc1ccc(NC(C)=O)cc1S(=O)(=O)Nc1ccc2[nH]c(C)cc2c1. The molecule has 0 aliphatic carbocycles. The maximum atomic E-state index is 12.8. The van der Waals surface area contributed by atoms with E-state index in [1.54, 1.807) is 18.2 Å². The average Bonchev–Trinajstić information content (AvgIpc) is 2.93. The van der Waals surface area contributed by atoms with E-state index >= 15 is 0 Å². The molecule has 0 aliphatic heterocycles. The summed E-state index contributed by atoms with van der Waals surface area (Å²) >= 11 is 0. The first-order valence-electron chi connectivity index (χ1n) is 7.86. The maximum absolute atomic E-state index is 12.8. The van der Waals surface area contributed by atoms with Gasteiger partial charge in [-0.3, -0.25) is 9.52 Å². The molecule has 0 saturated heterocycles. The van der Waals surface area contributed by atoms with Crippen molar-refractivity contribution < 1.29 is 17.9 Å². The summed E-state index contributed by atoms with van der Waals surface area (Å²) in [6, 6.07) is 11.6. The highest BCUT2D eigenvalue weighted by atomic mass is 32.2. The van der Waals surface area contributed by atoms with Crippen LogP contribution >= 0.6 is 0 Å². The molecule has 0 spiro atoms. The van der Waals surface area contributed by atoms with E-state index in [4.69, 9.17) is 4.74 Å². The zero-order valence-corrected chi connectivity index (χ0v) is 15.4. The number of rotatable bonds is 5. The number of aryl methyl sites for hydroxylation is 1. The summed E-state index contributed by atoms with van der Waals surface area (Å²) in [6.07, 6.45) is 0. The van der Waals surface area contributed by atoms with Gasteiger partial charge in [0.15, 0.2) is 0 Å². The van der Waals surface area contributed by atoms with Crippen LogP contribution in [0.2, 0.25) is 0 Å². The van der Waals surface area contributed by atoms with Gasteiger partial charge in [0.1, 0.15) is 10.6 Å². The molecule has 26 heavy (non-hydrogen) atoms. The molecule has 8 heteroatoms. The lowest BCUT2D eigenvalue weighted by Gasteiger charge is -2.13. The lowest BCUT2D eigenvalue weighted by Crippen LogP contribution is -2.15. The quantitative estimate of drug-likeness (QED) is 0.639. The number of H-pyrrole nitrogens is 1. The summed E-state index contributed by atoms with van der Waals surface area (Å²) in [7, 11) is -2.52. The fraction of sp³-hybridized carbons (Fsp3) is 0.167. The van der Waals surface area contributed by atoms with Crippen LogP contribution in [0.5, 0.6) is 5.75 Å². The predicted molar refractivity (Wildman–Crippen MR) is 101 cm³/mol. The zero-order valence-electron chi connectivity index (χ0n) is 14.6. The number of hydrogen-bond acceptors (Lipinski definition) is 4. The Morgan fingerprint density at radius 1 is 1.08 bits per heavy atom. The number of aromatic amines is 1. The molecule has 136 valence electrons. The highest BCUT2D eigenvalue weighted by Gasteiger charge is 2.21. The second-order valence-electron chi connectivity index (χ2n) is 5.91. The molecule has 0 radical (unpaired) electrons. The number of hydrogen-bond donors (Lipinski definition) is 3. The van der Waals surface area contributed by atoms with Crippen LogP contribution in [-0.4, -0.2) is 26.4 Å². The summed E-state index contributed by atoms with van der Waals surface area (Å²) in [5.41, 5.74) is 2.72. The number of carbonyl (C=O) groups excluding carboxylic acids is 1. The number of fused-ring (bicyclic) bond motifs is 1. The molecule has 0 saturated carbocycles. The molecule has 2 aromatic carbocycles. The Kier molecular flexibility index (Phi) is 4.60. The molecule has 7 nitrogen and oxygen atoms in total. The molecule has 0 aliphatic rings. The largest absolute Gasteiger partial charge is 0.495 e. The Morgan fingerprint density at radius 2 is 1.81 bits per heavy atom. The van der Waals surface area contributed by atoms with Crippen molar-refractivity contribution in [2.75, 3.05) is 17.1 Å². The minimum Gasteiger partial charge on any atom is -0.495 e. The fourth-order valence-electron chi connectivity index (χ4n) is 2.72. The van der Waals surface area contributed by atoms with Crippen molar-refractivity contribution in [3.05, 3.63) is 48.2 Å². The number of carbonyl (C=O) groups is 1. The number of ether oxygens (including phenoxy) is 1. The van der Waals surface area contributed by atoms with Gasteiger partial charge in [0, 0.05) is 34.9 Å². The maximum Gasteiger partial charge on any atom is 0.265 e. The zero-order chi connectivity index (χ0) is 18.9. The number of methoxy groups -OCH3 is 1. The average molecular weight is 373 g/mol. The normalized spacial score (nSPS) is 11.3. The van der Waals surface area contributed by atoms with Crippen molar-refractivity contribution >= 4 is 38.2 Å². The highest BCUT2D eigenvalue weighted by Crippen LogP contribution is 2.29. The standard InChI is InChI=1S/C18H19N3O4S/c1-11-8-13-9-15(4-6-16(13)19-11)21-26(23,24)18-10-14(20-12(2)22)5-7-17(18)25-3/h4-10,19,21H,1-3H3,(H,20,22). The topological polar surface area (TPSA) is 100 Å². The molecule has 0 atom stereocenters. The summed E-state index contributed by atoms with van der Waals surface area (Å²) in [4.78, 5) is 14.4. The summed E-state index contributed by atoms with van der Waals surface area (Å²) in [5.74, 6) is -0.107. The van der Waals surface area contributed by atoms with Gasteiger partial charge in [0.05, 0.1) is 7.11 Å². The molecular weight excluding hydrogens is 354 g/mol. The van der Waals surface area contributed by atoms with E-state index in [1.807, 2.05) is 19.1 Å². The summed E-state index contributed by atoms with van der Waals surface area (Å²) < 4.78 is 33.4. The third-order valence-corrected chi connectivity index (χ3v) is 5.18. The highest BCUT2D eigenvalue weighted by molar-refractivity contribution is 7.92. The monoisotopic (exact) mass is 373 g/mol. The number of nitrogens with one attached hydrogen (secondary N) is 3. The molecular formula is C18H19N3O4S. The minimum absolute atomic E-state index is 0.0587. The van der Waals surface area contributed by atoms with Gasteiger partial charge in [-0.25, -0.2) is 8.42 Å². The van der Waals surface area contributed by atoms with Crippen LogP contribution in [0.15, 0.2) is 47.4 Å². The van der Waals surface area contributed by atoms with Crippen molar-refractivity contribution in [3.8, 4) is 5.75 Å². The van der Waals surface area contributed by atoms with E-state index in [9.17, 15) is 13.2 Å². The Morgan fingerprint density at radius 3 is 2.50 bits per heavy atom. The Bertz CT molecular complexity index is 1090. The van der Waals surface area contributed by atoms with Gasteiger partial charge in [0.25, 0.3) is 10.0 Å². The Hall–Kier alpha value is -3.00. The molecule has 0 bridgehead atoms. The second kappa shape index (κ2) is 6.72. The first kappa shape index (κ1) is 17.8. The van der Waals surface area contributed by atoms with Gasteiger partial charge >= 0.3 is 0 Å². The first-order chi connectivity index (χ1) is 12.3. The fourth-order valence-corrected chi connectivity index (χ4v) is 3.96. The van der Waals surface area contributed by atoms with Crippen molar-refractivity contribution in [2.45, 2.75) is 18.7 Å². The molecule has 0 unspecified atom stereocenters. The van der Waals surface area contributed by atoms with E-state index in [1.165, 1.54) is 26.2 Å². The van der Waals surface area contributed by atoms with Gasteiger partial charge in [-0.15, -0.1) is 0 Å². The van der Waals surface area contributed by atoms with E-state index in [2.05, 4.69) is 15.0 Å². The molecule has 3 N–H and O–H groups in total. The Balaban J connectivity index is 1.98. The van der Waals surface area contributed by atoms with Crippen LogP contribution in [-0.2, 0) is 14.8 Å². The number of benzene rings is 2. The van der Waals surface area contributed by atoms with Crippen LogP contribution in [0.1, 0.15) is 12.6 Å². The number of anilines is 2. The Labute approximate surface area is 151 Å². The van der Waals surface area contributed by atoms with Crippen molar-refractivity contribution in [1.82, 2.24) is 4.98 Å². The van der Waals surface area contributed by atoms with Crippen LogP contribution in [0.25, 0.3) is 10.9 Å². The van der Waals surface area contributed by atoms with E-state index in [0.717, 1.165) is 16.6 Å². The molecule has 0 fully saturated rings. The predicted octanol–water partition coefficient (Wildman–Crippen LogP) is 3.24. The molecule has 1 amide bonds. The molecule has 3 rings (SSSR count). The van der Waals surface area contributed by atoms with E-state index in [-0.39, 0.29) is 16.6 Å². The second-order valence-corrected chi connectivity index (χ2v) is 7.56. The number of amides is 1. The summed E-state index contributed by atoms with van der Waals surface area (Å²) in [5, 5.41) is 3.47. The minimum atomic E-state index is -3.91. The summed E-state index contributed by atoms with van der Waals surface area (Å²) in [6.45, 7) is 3.28. The van der Waals surface area contributed by atoms with Gasteiger partial charge in [0.2, 0.25) is 5.91 Å². The van der Waals surface area contributed by atoms with Crippen LogP contribution in [0.4, 0.5) is 11.4 Å². The number of aromatic nitrogens is 1.